The number of aryl methyl sites for hydroxylation is 1. The van der Waals surface area contributed by atoms with Gasteiger partial charge in [-0.3, -0.25) is 9.59 Å². The minimum Gasteiger partial charge on any atom is -0.496 e. The largest absolute Gasteiger partial charge is 0.496 e. The number of anilines is 1. The van der Waals surface area contributed by atoms with Gasteiger partial charge in [0.25, 0.3) is 0 Å². The number of nitrogens with zero attached hydrogens (tertiary/aromatic N) is 1. The smallest absolute Gasteiger partial charge is 0.228 e. The molecule has 2 rings (SSSR count). The fourth-order valence-electron chi connectivity index (χ4n) is 2.42. The number of thiazole rings is 1. The fourth-order valence-corrected chi connectivity index (χ4v) is 3.14. The lowest BCUT2D eigenvalue weighted by Gasteiger charge is -2.17. The molecular formula is C19H25N3O3S. The number of hydrogen-bond acceptors (Lipinski definition) is 5. The summed E-state index contributed by atoms with van der Waals surface area (Å²) in [6.07, 6.45) is 0.159. The number of rotatable bonds is 7. The highest BCUT2D eigenvalue weighted by molar-refractivity contribution is 7.13. The molecule has 0 unspecified atom stereocenters. The van der Waals surface area contributed by atoms with Crippen molar-refractivity contribution >= 4 is 28.3 Å². The van der Waals surface area contributed by atoms with E-state index < -0.39 is 0 Å². The van der Waals surface area contributed by atoms with Gasteiger partial charge < -0.3 is 15.4 Å². The Morgan fingerprint density at radius 1 is 1.27 bits per heavy atom. The lowest BCUT2D eigenvalue weighted by molar-refractivity contribution is -0.121. The van der Waals surface area contributed by atoms with Crippen molar-refractivity contribution in [1.29, 1.82) is 0 Å². The van der Waals surface area contributed by atoms with E-state index in [2.05, 4.69) is 15.6 Å². The molecule has 0 radical (unpaired) electrons. The molecule has 140 valence electrons. The van der Waals surface area contributed by atoms with Crippen LogP contribution >= 0.6 is 11.3 Å². The molecule has 1 aromatic carbocycles. The third-order valence-electron chi connectivity index (χ3n) is 3.88. The fraction of sp³-hybridized carbons (Fsp3) is 0.421. The molecule has 2 N–H and O–H groups in total. The molecule has 0 aliphatic carbocycles. The SMILES string of the molecule is COc1ccc(C)cc1[C@@H](C)NC(=O)Cc1csc(NC(=O)C(C)C)n1. The second-order valence-corrected chi connectivity index (χ2v) is 7.36. The molecule has 1 atom stereocenters. The van der Waals surface area contributed by atoms with Crippen molar-refractivity contribution in [2.45, 2.75) is 40.2 Å². The van der Waals surface area contributed by atoms with Gasteiger partial charge in [0.2, 0.25) is 11.8 Å². The molecular weight excluding hydrogens is 350 g/mol. The molecule has 0 aliphatic rings. The van der Waals surface area contributed by atoms with E-state index in [1.54, 1.807) is 12.5 Å². The Bertz CT molecular complexity index is 786. The second-order valence-electron chi connectivity index (χ2n) is 6.50. The van der Waals surface area contributed by atoms with Crippen LogP contribution in [0.4, 0.5) is 5.13 Å². The van der Waals surface area contributed by atoms with Gasteiger partial charge in [-0.1, -0.05) is 31.5 Å². The van der Waals surface area contributed by atoms with Gasteiger partial charge in [0.15, 0.2) is 5.13 Å². The maximum atomic E-state index is 12.3. The summed E-state index contributed by atoms with van der Waals surface area (Å²) in [5.74, 6) is 0.412. The quantitative estimate of drug-likeness (QED) is 0.776. The van der Waals surface area contributed by atoms with Crippen molar-refractivity contribution in [1.82, 2.24) is 10.3 Å². The van der Waals surface area contributed by atoms with E-state index >= 15 is 0 Å². The number of nitrogens with one attached hydrogen (secondary N) is 2. The highest BCUT2D eigenvalue weighted by atomic mass is 32.1. The molecule has 0 bridgehead atoms. The van der Waals surface area contributed by atoms with Crippen molar-refractivity contribution < 1.29 is 14.3 Å². The molecule has 0 saturated heterocycles. The molecule has 7 heteroatoms. The molecule has 6 nitrogen and oxygen atoms in total. The summed E-state index contributed by atoms with van der Waals surface area (Å²) in [7, 11) is 1.62. The number of hydrogen-bond donors (Lipinski definition) is 2. The number of carbonyl (C=O) groups excluding carboxylic acids is 2. The number of aromatic nitrogens is 1. The molecule has 2 aromatic rings. The van der Waals surface area contributed by atoms with E-state index in [-0.39, 0.29) is 30.2 Å². The van der Waals surface area contributed by atoms with E-state index in [0.29, 0.717) is 10.8 Å². The Kier molecular flexibility index (Phi) is 6.74. The van der Waals surface area contributed by atoms with Gasteiger partial charge in [-0.2, -0.15) is 0 Å². The van der Waals surface area contributed by atoms with Crippen LogP contribution < -0.4 is 15.4 Å². The van der Waals surface area contributed by atoms with E-state index in [4.69, 9.17) is 4.74 Å². The van der Waals surface area contributed by atoms with Gasteiger partial charge in [0.05, 0.1) is 25.3 Å². The summed E-state index contributed by atoms with van der Waals surface area (Å²) in [6, 6.07) is 5.69. The van der Waals surface area contributed by atoms with Crippen LogP contribution in [-0.2, 0) is 16.0 Å². The summed E-state index contributed by atoms with van der Waals surface area (Å²) in [6.45, 7) is 7.56. The summed E-state index contributed by atoms with van der Waals surface area (Å²) in [5, 5.41) is 8.02. The zero-order valence-corrected chi connectivity index (χ0v) is 16.6. The van der Waals surface area contributed by atoms with Gasteiger partial charge in [-0.25, -0.2) is 4.98 Å². The standard InChI is InChI=1S/C19H25N3O3S/c1-11(2)18(24)22-19-21-14(10-26-19)9-17(23)20-13(4)15-8-12(3)6-7-16(15)25-5/h6-8,10-11,13H,9H2,1-5H3,(H,20,23)(H,21,22,24)/t13-/m1/s1. The van der Waals surface area contributed by atoms with Gasteiger partial charge in [-0.05, 0) is 19.9 Å². The number of ether oxygens (including phenoxy) is 1. The van der Waals surface area contributed by atoms with Crippen molar-refractivity contribution in [3.8, 4) is 5.75 Å². The van der Waals surface area contributed by atoms with Crippen LogP contribution in [-0.4, -0.2) is 23.9 Å². The minimum absolute atomic E-state index is 0.0875. The maximum Gasteiger partial charge on any atom is 0.228 e. The molecule has 0 aliphatic heterocycles. The third kappa shape index (κ3) is 5.29. The summed E-state index contributed by atoms with van der Waals surface area (Å²) in [4.78, 5) is 28.3. The normalized spacial score (nSPS) is 11.9. The third-order valence-corrected chi connectivity index (χ3v) is 4.68. The Labute approximate surface area is 158 Å². The van der Waals surface area contributed by atoms with Crippen LogP contribution in [0.2, 0.25) is 0 Å². The van der Waals surface area contributed by atoms with E-state index in [0.717, 1.165) is 16.9 Å². The molecule has 1 heterocycles. The highest BCUT2D eigenvalue weighted by Gasteiger charge is 2.16. The molecule has 0 fully saturated rings. The van der Waals surface area contributed by atoms with Crippen LogP contribution in [0.15, 0.2) is 23.6 Å². The van der Waals surface area contributed by atoms with Crippen LogP contribution in [0.25, 0.3) is 0 Å². The van der Waals surface area contributed by atoms with Gasteiger partial charge in [0, 0.05) is 16.9 Å². The number of carbonyl (C=O) groups is 2. The van der Waals surface area contributed by atoms with Gasteiger partial charge >= 0.3 is 0 Å². The molecule has 2 amide bonds. The number of amides is 2. The Hall–Kier alpha value is -2.41. The molecule has 26 heavy (non-hydrogen) atoms. The molecule has 0 saturated carbocycles. The number of methoxy groups -OCH3 is 1. The summed E-state index contributed by atoms with van der Waals surface area (Å²) >= 11 is 1.32. The van der Waals surface area contributed by atoms with Crippen LogP contribution in [0.1, 0.15) is 43.6 Å². The second kappa shape index (κ2) is 8.80. The topological polar surface area (TPSA) is 80.3 Å². The summed E-state index contributed by atoms with van der Waals surface area (Å²) < 4.78 is 5.38. The average Bonchev–Trinajstić information content (AvgIpc) is 3.01. The Morgan fingerprint density at radius 3 is 2.65 bits per heavy atom. The van der Waals surface area contributed by atoms with E-state index in [1.165, 1.54) is 11.3 Å². The van der Waals surface area contributed by atoms with Crippen molar-refractivity contribution in [2.75, 3.05) is 12.4 Å². The first-order valence-corrected chi connectivity index (χ1v) is 9.37. The van der Waals surface area contributed by atoms with E-state index in [9.17, 15) is 9.59 Å². The van der Waals surface area contributed by atoms with Crippen LogP contribution in [0.3, 0.4) is 0 Å². The van der Waals surface area contributed by atoms with Gasteiger partial charge in [0.1, 0.15) is 5.75 Å². The molecule has 0 spiro atoms. The van der Waals surface area contributed by atoms with Crippen molar-refractivity contribution in [2.24, 2.45) is 5.92 Å². The first-order chi connectivity index (χ1) is 12.3. The van der Waals surface area contributed by atoms with Crippen molar-refractivity contribution in [3.05, 3.63) is 40.4 Å². The van der Waals surface area contributed by atoms with Gasteiger partial charge in [-0.15, -0.1) is 11.3 Å². The number of benzene rings is 1. The minimum atomic E-state index is -0.184. The van der Waals surface area contributed by atoms with Crippen LogP contribution in [0.5, 0.6) is 5.75 Å². The Morgan fingerprint density at radius 2 is 2.00 bits per heavy atom. The maximum absolute atomic E-state index is 12.3. The van der Waals surface area contributed by atoms with Crippen molar-refractivity contribution in [3.63, 3.8) is 0 Å². The summed E-state index contributed by atoms with van der Waals surface area (Å²) in [5.41, 5.74) is 2.67. The zero-order valence-electron chi connectivity index (χ0n) is 15.8. The first-order valence-electron chi connectivity index (χ1n) is 8.49. The van der Waals surface area contributed by atoms with E-state index in [1.807, 2.05) is 45.9 Å². The average molecular weight is 375 g/mol. The monoisotopic (exact) mass is 375 g/mol. The predicted molar refractivity (Wildman–Crippen MR) is 104 cm³/mol. The first kappa shape index (κ1) is 19.9. The van der Waals surface area contributed by atoms with Crippen LogP contribution in [0, 0.1) is 12.8 Å². The Balaban J connectivity index is 1.98. The predicted octanol–water partition coefficient (Wildman–Crippen LogP) is 3.47. The lowest BCUT2D eigenvalue weighted by Crippen LogP contribution is -2.28. The highest BCUT2D eigenvalue weighted by Crippen LogP contribution is 2.26. The molecule has 1 aromatic heterocycles. The zero-order chi connectivity index (χ0) is 19.3. The lowest BCUT2D eigenvalue weighted by atomic mass is 10.0.